The van der Waals surface area contributed by atoms with E-state index in [1.165, 1.54) is 6.92 Å². The number of amides is 1. The smallest absolute Gasteiger partial charge is 0.306 e. The van der Waals surface area contributed by atoms with Gasteiger partial charge in [0.25, 0.3) is 5.91 Å². The number of rotatable bonds is 6. The number of carbonyl (C=O) groups is 2. The maximum Gasteiger partial charge on any atom is 0.306 e. The topological polar surface area (TPSA) is 91.6 Å². The standard InChI is InChI=1S/C12H18N2O4/c1-3-14-6-4-5-9(14)11(17)13-8-12(2,18)7-10(15)16/h4-6,18H,3,7-8H2,1-2H3,(H,13,17)(H,15,16). The number of aryl methyl sites for hydroxylation is 1. The highest BCUT2D eigenvalue weighted by atomic mass is 16.4. The molecule has 0 spiro atoms. The number of carboxylic acid groups (broad SMARTS) is 1. The van der Waals surface area contributed by atoms with Crippen molar-refractivity contribution in [2.45, 2.75) is 32.4 Å². The zero-order chi connectivity index (χ0) is 13.8. The van der Waals surface area contributed by atoms with Crippen molar-refractivity contribution < 1.29 is 19.8 Å². The summed E-state index contributed by atoms with van der Waals surface area (Å²) in [6.45, 7) is 3.85. The quantitative estimate of drug-likeness (QED) is 0.688. The van der Waals surface area contributed by atoms with Crippen molar-refractivity contribution in [2.24, 2.45) is 0 Å². The lowest BCUT2D eigenvalue weighted by molar-refractivity contribution is -0.141. The molecule has 0 aliphatic heterocycles. The number of nitrogens with one attached hydrogen (secondary N) is 1. The van der Waals surface area contributed by atoms with Crippen LogP contribution >= 0.6 is 0 Å². The third-order valence-corrected chi connectivity index (χ3v) is 2.56. The van der Waals surface area contributed by atoms with E-state index in [1.54, 1.807) is 22.9 Å². The number of hydrogen-bond donors (Lipinski definition) is 3. The van der Waals surface area contributed by atoms with Crippen LogP contribution < -0.4 is 5.32 Å². The molecule has 1 unspecified atom stereocenters. The second kappa shape index (κ2) is 5.68. The third kappa shape index (κ3) is 3.89. The van der Waals surface area contributed by atoms with Crippen LogP contribution in [0.5, 0.6) is 0 Å². The fourth-order valence-electron chi connectivity index (χ4n) is 1.65. The zero-order valence-electron chi connectivity index (χ0n) is 10.5. The van der Waals surface area contributed by atoms with Gasteiger partial charge in [-0.15, -0.1) is 0 Å². The molecular weight excluding hydrogens is 236 g/mol. The highest BCUT2D eigenvalue weighted by molar-refractivity contribution is 5.92. The maximum absolute atomic E-state index is 11.8. The molecule has 1 heterocycles. The molecule has 0 radical (unpaired) electrons. The molecule has 1 rings (SSSR count). The molecule has 3 N–H and O–H groups in total. The Hall–Kier alpha value is -1.82. The van der Waals surface area contributed by atoms with Crippen LogP contribution in [-0.2, 0) is 11.3 Å². The zero-order valence-corrected chi connectivity index (χ0v) is 10.5. The largest absolute Gasteiger partial charge is 0.481 e. The van der Waals surface area contributed by atoms with Crippen LogP contribution in [0.4, 0.5) is 0 Å². The number of nitrogens with zero attached hydrogens (tertiary/aromatic N) is 1. The lowest BCUT2D eigenvalue weighted by Crippen LogP contribution is -2.42. The number of aromatic nitrogens is 1. The summed E-state index contributed by atoms with van der Waals surface area (Å²) in [7, 11) is 0. The van der Waals surface area contributed by atoms with E-state index in [4.69, 9.17) is 5.11 Å². The second-order valence-corrected chi connectivity index (χ2v) is 4.43. The highest BCUT2D eigenvalue weighted by Crippen LogP contribution is 2.08. The number of carbonyl (C=O) groups excluding carboxylic acids is 1. The third-order valence-electron chi connectivity index (χ3n) is 2.56. The van der Waals surface area contributed by atoms with E-state index in [9.17, 15) is 14.7 Å². The summed E-state index contributed by atoms with van der Waals surface area (Å²) in [4.78, 5) is 22.3. The number of carboxylic acids is 1. The number of aliphatic carboxylic acids is 1. The predicted octanol–water partition coefficient (Wildman–Crippen LogP) is 0.464. The molecule has 18 heavy (non-hydrogen) atoms. The number of hydrogen-bond acceptors (Lipinski definition) is 3. The summed E-state index contributed by atoms with van der Waals surface area (Å²) in [6.07, 6.45) is 1.37. The Bertz CT molecular complexity index is 437. The molecule has 1 atom stereocenters. The van der Waals surface area contributed by atoms with Gasteiger partial charge in [0.1, 0.15) is 5.69 Å². The molecule has 0 fully saturated rings. The van der Waals surface area contributed by atoms with Gasteiger partial charge in [-0.25, -0.2) is 0 Å². The van der Waals surface area contributed by atoms with Gasteiger partial charge in [0.05, 0.1) is 12.0 Å². The Kier molecular flexibility index (Phi) is 4.49. The Morgan fingerprint density at radius 1 is 1.50 bits per heavy atom. The first kappa shape index (κ1) is 14.2. The molecule has 0 aliphatic carbocycles. The van der Waals surface area contributed by atoms with E-state index in [0.29, 0.717) is 12.2 Å². The Balaban J connectivity index is 2.59. The van der Waals surface area contributed by atoms with E-state index in [0.717, 1.165) is 0 Å². The lowest BCUT2D eigenvalue weighted by atomic mass is 10.0. The van der Waals surface area contributed by atoms with Gasteiger partial charge in [-0.05, 0) is 26.0 Å². The molecule has 100 valence electrons. The van der Waals surface area contributed by atoms with Gasteiger partial charge in [0.2, 0.25) is 0 Å². The Morgan fingerprint density at radius 2 is 2.17 bits per heavy atom. The Labute approximate surface area is 105 Å². The van der Waals surface area contributed by atoms with Crippen molar-refractivity contribution in [1.82, 2.24) is 9.88 Å². The normalized spacial score (nSPS) is 13.9. The van der Waals surface area contributed by atoms with Crippen molar-refractivity contribution >= 4 is 11.9 Å². The predicted molar refractivity (Wildman–Crippen MR) is 65.3 cm³/mol. The fraction of sp³-hybridized carbons (Fsp3) is 0.500. The Morgan fingerprint density at radius 3 is 2.72 bits per heavy atom. The van der Waals surface area contributed by atoms with Gasteiger partial charge in [-0.2, -0.15) is 0 Å². The van der Waals surface area contributed by atoms with Gasteiger partial charge < -0.3 is 20.1 Å². The fourth-order valence-corrected chi connectivity index (χ4v) is 1.65. The molecule has 0 saturated heterocycles. The average molecular weight is 254 g/mol. The first-order chi connectivity index (χ1) is 8.35. The van der Waals surface area contributed by atoms with Crippen LogP contribution in [0.1, 0.15) is 30.8 Å². The van der Waals surface area contributed by atoms with E-state index >= 15 is 0 Å². The first-order valence-electron chi connectivity index (χ1n) is 5.73. The van der Waals surface area contributed by atoms with E-state index in [1.807, 2.05) is 6.92 Å². The van der Waals surface area contributed by atoms with E-state index in [2.05, 4.69) is 5.32 Å². The lowest BCUT2D eigenvalue weighted by Gasteiger charge is -2.21. The second-order valence-electron chi connectivity index (χ2n) is 4.43. The minimum absolute atomic E-state index is 0.104. The minimum Gasteiger partial charge on any atom is -0.481 e. The van der Waals surface area contributed by atoms with Crippen molar-refractivity contribution in [3.05, 3.63) is 24.0 Å². The minimum atomic E-state index is -1.45. The summed E-state index contributed by atoms with van der Waals surface area (Å²) in [6, 6.07) is 3.43. The average Bonchev–Trinajstić information content (AvgIpc) is 2.72. The van der Waals surface area contributed by atoms with Crippen LogP contribution in [0.2, 0.25) is 0 Å². The molecular formula is C12H18N2O4. The molecule has 1 aromatic rings. The molecule has 6 nitrogen and oxygen atoms in total. The summed E-state index contributed by atoms with van der Waals surface area (Å²) < 4.78 is 1.77. The van der Waals surface area contributed by atoms with Crippen LogP contribution in [-0.4, -0.2) is 38.8 Å². The first-order valence-corrected chi connectivity index (χ1v) is 5.73. The number of aliphatic hydroxyl groups is 1. The molecule has 0 bridgehead atoms. The van der Waals surface area contributed by atoms with Gasteiger partial charge in [0, 0.05) is 19.3 Å². The summed E-state index contributed by atoms with van der Waals surface area (Å²) >= 11 is 0. The van der Waals surface area contributed by atoms with Gasteiger partial charge >= 0.3 is 5.97 Å². The van der Waals surface area contributed by atoms with E-state index in [-0.39, 0.29) is 12.5 Å². The van der Waals surface area contributed by atoms with Gasteiger partial charge in [-0.1, -0.05) is 0 Å². The van der Waals surface area contributed by atoms with Crippen molar-refractivity contribution in [3.63, 3.8) is 0 Å². The van der Waals surface area contributed by atoms with Crippen LogP contribution in [0.3, 0.4) is 0 Å². The van der Waals surface area contributed by atoms with Crippen LogP contribution in [0.25, 0.3) is 0 Å². The summed E-state index contributed by atoms with van der Waals surface area (Å²) in [5.74, 6) is -1.43. The molecule has 0 aromatic carbocycles. The molecule has 0 aliphatic rings. The van der Waals surface area contributed by atoms with Crippen LogP contribution in [0.15, 0.2) is 18.3 Å². The van der Waals surface area contributed by atoms with Crippen molar-refractivity contribution in [2.75, 3.05) is 6.54 Å². The molecule has 0 saturated carbocycles. The van der Waals surface area contributed by atoms with Gasteiger partial charge in [-0.3, -0.25) is 9.59 Å². The molecule has 1 amide bonds. The van der Waals surface area contributed by atoms with Crippen molar-refractivity contribution in [1.29, 1.82) is 0 Å². The SMILES string of the molecule is CCn1cccc1C(=O)NCC(C)(O)CC(=O)O. The molecule has 6 heteroatoms. The van der Waals surface area contributed by atoms with Crippen molar-refractivity contribution in [3.8, 4) is 0 Å². The van der Waals surface area contributed by atoms with Crippen LogP contribution in [0, 0.1) is 0 Å². The summed E-state index contributed by atoms with van der Waals surface area (Å²) in [5, 5.41) is 20.9. The molecule has 1 aromatic heterocycles. The van der Waals surface area contributed by atoms with E-state index < -0.39 is 18.0 Å². The maximum atomic E-state index is 11.8. The van der Waals surface area contributed by atoms with Gasteiger partial charge in [0.15, 0.2) is 0 Å². The highest BCUT2D eigenvalue weighted by Gasteiger charge is 2.25. The summed E-state index contributed by atoms with van der Waals surface area (Å²) in [5.41, 5.74) is -0.964. The monoisotopic (exact) mass is 254 g/mol.